The fraction of sp³-hybridized carbons (Fsp3) is 0.467. The van der Waals surface area contributed by atoms with Gasteiger partial charge in [-0.1, -0.05) is 20.8 Å². The predicted octanol–water partition coefficient (Wildman–Crippen LogP) is 2.93. The van der Waals surface area contributed by atoms with E-state index in [2.05, 4.69) is 0 Å². The fourth-order valence-electron chi connectivity index (χ4n) is 1.78. The highest BCUT2D eigenvalue weighted by Gasteiger charge is 2.22. The molecule has 5 heteroatoms. The Hall–Kier alpha value is -1.91. The number of amides is 1. The van der Waals surface area contributed by atoms with E-state index in [0.717, 1.165) is 0 Å². The minimum absolute atomic E-state index is 0.0759. The van der Waals surface area contributed by atoms with E-state index < -0.39 is 17.7 Å². The first kappa shape index (κ1) is 16.1. The van der Waals surface area contributed by atoms with E-state index in [1.165, 1.54) is 29.2 Å². The van der Waals surface area contributed by atoms with E-state index in [0.29, 0.717) is 12.1 Å². The number of carboxylic acids is 1. The predicted molar refractivity (Wildman–Crippen MR) is 75.0 cm³/mol. The number of rotatable bonds is 6. The molecule has 1 amide bonds. The van der Waals surface area contributed by atoms with Gasteiger partial charge >= 0.3 is 5.97 Å². The number of hydrogen-bond acceptors (Lipinski definition) is 2. The highest BCUT2D eigenvalue weighted by Crippen LogP contribution is 2.19. The summed E-state index contributed by atoms with van der Waals surface area (Å²) in [6, 6.07) is 5.50. The average Bonchev–Trinajstić information content (AvgIpc) is 2.35. The summed E-state index contributed by atoms with van der Waals surface area (Å²) < 4.78 is 13.0. The summed E-state index contributed by atoms with van der Waals surface area (Å²) in [5.41, 5.74) is 0.519. The lowest BCUT2D eigenvalue weighted by molar-refractivity contribution is -0.140. The van der Waals surface area contributed by atoms with Gasteiger partial charge in [0.2, 0.25) is 5.91 Å². The van der Waals surface area contributed by atoms with E-state index in [9.17, 15) is 14.0 Å². The van der Waals surface area contributed by atoms with Crippen molar-refractivity contribution in [3.8, 4) is 0 Å². The maximum atomic E-state index is 13.0. The van der Waals surface area contributed by atoms with Gasteiger partial charge in [-0.2, -0.15) is 0 Å². The van der Waals surface area contributed by atoms with Gasteiger partial charge < -0.3 is 10.0 Å². The lowest BCUT2D eigenvalue weighted by Crippen LogP contribution is -2.37. The topological polar surface area (TPSA) is 57.6 Å². The second kappa shape index (κ2) is 7.03. The minimum atomic E-state index is -0.963. The van der Waals surface area contributed by atoms with Crippen molar-refractivity contribution >= 4 is 17.6 Å². The van der Waals surface area contributed by atoms with Crippen molar-refractivity contribution < 1.29 is 19.1 Å². The van der Waals surface area contributed by atoms with Crippen LogP contribution in [-0.4, -0.2) is 23.5 Å². The monoisotopic (exact) mass is 281 g/mol. The molecule has 0 heterocycles. The van der Waals surface area contributed by atoms with E-state index in [4.69, 9.17) is 5.11 Å². The van der Waals surface area contributed by atoms with Crippen molar-refractivity contribution in [3.63, 3.8) is 0 Å². The van der Waals surface area contributed by atoms with Crippen molar-refractivity contribution in [1.29, 1.82) is 0 Å². The molecule has 1 rings (SSSR count). The molecule has 0 aliphatic carbocycles. The van der Waals surface area contributed by atoms with Crippen LogP contribution in [0.2, 0.25) is 0 Å². The van der Waals surface area contributed by atoms with Crippen LogP contribution in [0.25, 0.3) is 0 Å². The zero-order chi connectivity index (χ0) is 15.3. The van der Waals surface area contributed by atoms with Crippen molar-refractivity contribution in [2.45, 2.75) is 27.2 Å². The van der Waals surface area contributed by atoms with Crippen LogP contribution in [0, 0.1) is 17.7 Å². The Balaban J connectivity index is 2.97. The van der Waals surface area contributed by atoms with Gasteiger partial charge in [-0.15, -0.1) is 0 Å². The smallest absolute Gasteiger partial charge is 0.308 e. The lowest BCUT2D eigenvalue weighted by Gasteiger charge is -2.25. The summed E-state index contributed by atoms with van der Waals surface area (Å²) in [5.74, 6) is -2.02. The number of hydrogen-bond donors (Lipinski definition) is 1. The quantitative estimate of drug-likeness (QED) is 0.872. The van der Waals surface area contributed by atoms with Gasteiger partial charge in [0.05, 0.1) is 5.92 Å². The fourth-order valence-corrected chi connectivity index (χ4v) is 1.78. The molecule has 0 fully saturated rings. The minimum Gasteiger partial charge on any atom is -0.481 e. The second-order valence-electron chi connectivity index (χ2n) is 5.32. The van der Waals surface area contributed by atoms with E-state index >= 15 is 0 Å². The first-order valence-electron chi connectivity index (χ1n) is 6.60. The molecule has 4 nitrogen and oxygen atoms in total. The van der Waals surface area contributed by atoms with E-state index in [1.807, 2.05) is 13.8 Å². The van der Waals surface area contributed by atoms with Gasteiger partial charge in [0, 0.05) is 18.7 Å². The summed E-state index contributed by atoms with van der Waals surface area (Å²) in [7, 11) is 0. The van der Waals surface area contributed by atoms with Crippen LogP contribution < -0.4 is 4.90 Å². The number of carboxylic acid groups (broad SMARTS) is 1. The Morgan fingerprint density at radius 1 is 1.20 bits per heavy atom. The largest absolute Gasteiger partial charge is 0.481 e. The normalized spacial score (nSPS) is 12.2. The van der Waals surface area contributed by atoms with Crippen LogP contribution in [0.4, 0.5) is 10.1 Å². The van der Waals surface area contributed by atoms with Gasteiger partial charge in [-0.25, -0.2) is 4.39 Å². The zero-order valence-corrected chi connectivity index (χ0v) is 12.0. The SMILES string of the molecule is CC(C)CC(=O)N(CC(C)C(=O)O)c1ccc(F)cc1. The van der Waals surface area contributed by atoms with Crippen LogP contribution in [0.15, 0.2) is 24.3 Å². The van der Waals surface area contributed by atoms with Crippen molar-refractivity contribution in [3.05, 3.63) is 30.1 Å². The third kappa shape index (κ3) is 4.64. The molecular weight excluding hydrogens is 261 g/mol. The Morgan fingerprint density at radius 3 is 2.20 bits per heavy atom. The summed E-state index contributed by atoms with van der Waals surface area (Å²) >= 11 is 0. The number of benzene rings is 1. The average molecular weight is 281 g/mol. The van der Waals surface area contributed by atoms with Gasteiger partial charge in [-0.3, -0.25) is 9.59 Å². The zero-order valence-electron chi connectivity index (χ0n) is 12.0. The maximum absolute atomic E-state index is 13.0. The van der Waals surface area contributed by atoms with Crippen molar-refractivity contribution in [2.75, 3.05) is 11.4 Å². The van der Waals surface area contributed by atoms with Crippen LogP contribution >= 0.6 is 0 Å². The number of aliphatic carboxylic acids is 1. The molecule has 0 bridgehead atoms. The van der Waals surface area contributed by atoms with Crippen LogP contribution in [0.1, 0.15) is 27.2 Å². The van der Waals surface area contributed by atoms with E-state index in [-0.39, 0.29) is 18.4 Å². The highest BCUT2D eigenvalue weighted by atomic mass is 19.1. The molecule has 0 saturated heterocycles. The summed E-state index contributed by atoms with van der Waals surface area (Å²) in [6.45, 7) is 5.46. The Morgan fingerprint density at radius 2 is 1.75 bits per heavy atom. The van der Waals surface area contributed by atoms with Gasteiger partial charge in [0.1, 0.15) is 5.82 Å². The molecule has 1 unspecified atom stereocenters. The standard InChI is InChI=1S/C15H20FNO3/c1-10(2)8-14(18)17(9-11(3)15(19)20)13-6-4-12(16)5-7-13/h4-7,10-11H,8-9H2,1-3H3,(H,19,20). The third-order valence-electron chi connectivity index (χ3n) is 2.90. The first-order valence-corrected chi connectivity index (χ1v) is 6.60. The Labute approximate surface area is 118 Å². The molecule has 20 heavy (non-hydrogen) atoms. The first-order chi connectivity index (χ1) is 9.31. The number of carbonyl (C=O) groups excluding carboxylic acids is 1. The van der Waals surface area contributed by atoms with Crippen LogP contribution in [0.5, 0.6) is 0 Å². The van der Waals surface area contributed by atoms with Gasteiger partial charge in [-0.05, 0) is 30.2 Å². The molecular formula is C15H20FNO3. The van der Waals surface area contributed by atoms with Crippen LogP contribution in [-0.2, 0) is 9.59 Å². The molecule has 0 aliphatic rings. The summed E-state index contributed by atoms with van der Waals surface area (Å²) in [5, 5.41) is 8.99. The molecule has 0 aromatic heterocycles. The Bertz CT molecular complexity index is 471. The van der Waals surface area contributed by atoms with E-state index in [1.54, 1.807) is 6.92 Å². The molecule has 0 radical (unpaired) electrons. The summed E-state index contributed by atoms with van der Waals surface area (Å²) in [4.78, 5) is 24.6. The van der Waals surface area contributed by atoms with Gasteiger partial charge in [0.25, 0.3) is 0 Å². The molecule has 1 aromatic rings. The third-order valence-corrected chi connectivity index (χ3v) is 2.90. The highest BCUT2D eigenvalue weighted by molar-refractivity contribution is 5.94. The second-order valence-corrected chi connectivity index (χ2v) is 5.32. The molecule has 0 spiro atoms. The number of halogens is 1. The molecule has 1 atom stereocenters. The van der Waals surface area contributed by atoms with Crippen molar-refractivity contribution in [1.82, 2.24) is 0 Å². The molecule has 0 saturated carbocycles. The summed E-state index contributed by atoms with van der Waals surface area (Å²) in [6.07, 6.45) is 0.323. The molecule has 1 aromatic carbocycles. The van der Waals surface area contributed by atoms with Crippen LogP contribution in [0.3, 0.4) is 0 Å². The van der Waals surface area contributed by atoms with Crippen molar-refractivity contribution in [2.24, 2.45) is 11.8 Å². The molecule has 110 valence electrons. The van der Waals surface area contributed by atoms with Gasteiger partial charge in [0.15, 0.2) is 0 Å². The maximum Gasteiger partial charge on any atom is 0.308 e. The lowest BCUT2D eigenvalue weighted by atomic mass is 10.1. The number of anilines is 1. The molecule has 0 aliphatic heterocycles. The Kier molecular flexibility index (Phi) is 5.67. The molecule has 1 N–H and O–H groups in total. The number of nitrogens with zero attached hydrogens (tertiary/aromatic N) is 1. The number of carbonyl (C=O) groups is 2.